The molecule has 3 saturated heterocycles. The van der Waals surface area contributed by atoms with Gasteiger partial charge in [-0.3, -0.25) is 4.79 Å². The van der Waals surface area contributed by atoms with Crippen LogP contribution in [0, 0.1) is 28.6 Å². The van der Waals surface area contributed by atoms with Crippen LogP contribution in [-0.2, 0) is 57.0 Å². The van der Waals surface area contributed by atoms with Gasteiger partial charge in [0.2, 0.25) is 0 Å². The number of methoxy groups -OCH3 is 1. The van der Waals surface area contributed by atoms with E-state index in [2.05, 4.69) is 0 Å². The van der Waals surface area contributed by atoms with Gasteiger partial charge in [-0.1, -0.05) is 26.0 Å². The van der Waals surface area contributed by atoms with Gasteiger partial charge >= 0.3 is 11.9 Å². The molecular weight excluding hydrogens is 921 g/mol. The highest BCUT2D eigenvalue weighted by Crippen LogP contribution is 2.71. The number of fused-ring (bicyclic) bond motifs is 5. The Morgan fingerprint density at radius 1 is 0.686 bits per heavy atom. The van der Waals surface area contributed by atoms with Gasteiger partial charge in [0.1, 0.15) is 78.0 Å². The molecule has 24 atom stereocenters. The van der Waals surface area contributed by atoms with Crippen LogP contribution in [0.2, 0.25) is 0 Å². The first-order chi connectivity index (χ1) is 32.9. The Morgan fingerprint density at radius 2 is 1.30 bits per heavy atom. The van der Waals surface area contributed by atoms with Crippen molar-refractivity contribution in [3.05, 3.63) is 23.3 Å². The Kier molecular flexibility index (Phi) is 16.6. The second kappa shape index (κ2) is 21.0. The number of esters is 2. The van der Waals surface area contributed by atoms with E-state index in [0.29, 0.717) is 36.8 Å². The molecule has 4 saturated carbocycles. The van der Waals surface area contributed by atoms with Gasteiger partial charge in [0.25, 0.3) is 0 Å². The molecule has 4 aliphatic carbocycles. The van der Waals surface area contributed by atoms with Gasteiger partial charge in [0.15, 0.2) is 18.9 Å². The second-order valence-corrected chi connectivity index (χ2v) is 21.5. The summed E-state index contributed by atoms with van der Waals surface area (Å²) in [6.07, 6.45) is -14.9. The number of rotatable bonds is 13. The zero-order valence-electron chi connectivity index (χ0n) is 42.0. The van der Waals surface area contributed by atoms with Gasteiger partial charge in [-0.05, 0) is 105 Å². The van der Waals surface area contributed by atoms with Crippen molar-refractivity contribution in [1.29, 1.82) is 0 Å². The van der Waals surface area contributed by atoms with Gasteiger partial charge in [-0.2, -0.15) is 0 Å². The van der Waals surface area contributed by atoms with Crippen molar-refractivity contribution in [3.63, 3.8) is 0 Å². The maximum absolute atomic E-state index is 13.9. The number of allylic oxidation sites excluding steroid dienone is 2. The van der Waals surface area contributed by atoms with E-state index in [-0.39, 0.29) is 43.5 Å². The van der Waals surface area contributed by atoms with Crippen molar-refractivity contribution >= 4 is 17.7 Å². The highest BCUT2D eigenvalue weighted by Gasteiger charge is 2.81. The number of ketones is 1. The van der Waals surface area contributed by atoms with E-state index in [1.165, 1.54) is 14.0 Å². The molecule has 3 aliphatic heterocycles. The number of ether oxygens (including phenoxy) is 9. The molecule has 3 heterocycles. The summed E-state index contributed by atoms with van der Waals surface area (Å²) in [4.78, 5) is 41.1. The van der Waals surface area contributed by atoms with Gasteiger partial charge in [0.05, 0.1) is 31.0 Å². The molecule has 8 N–H and O–H groups in total. The molecule has 0 aromatic heterocycles. The molecule has 20 heteroatoms. The smallest absolute Gasteiger partial charge is 0.333 e. The Labute approximate surface area is 409 Å². The molecule has 20 nitrogen and oxygen atoms in total. The lowest BCUT2D eigenvalue weighted by Crippen LogP contribution is -2.81. The van der Waals surface area contributed by atoms with Crippen molar-refractivity contribution in [1.82, 2.24) is 0 Å². The number of aliphatic hydroxyl groups is 8. The fourth-order valence-corrected chi connectivity index (χ4v) is 13.6. The lowest BCUT2D eigenvalue weighted by Gasteiger charge is -2.69. The first-order valence-electron chi connectivity index (χ1n) is 25.0. The molecule has 0 amide bonds. The van der Waals surface area contributed by atoms with Gasteiger partial charge in [-0.25, -0.2) is 9.59 Å². The van der Waals surface area contributed by atoms with Crippen LogP contribution in [0.15, 0.2) is 23.3 Å². The molecule has 7 aliphatic rings. The monoisotopic (exact) mass is 999 g/mol. The fourth-order valence-electron chi connectivity index (χ4n) is 13.6. The Hall–Kier alpha value is -2.51. The summed E-state index contributed by atoms with van der Waals surface area (Å²) in [5.41, 5.74) is -5.49. The molecule has 7 fully saturated rings. The van der Waals surface area contributed by atoms with Crippen LogP contribution in [0.3, 0.4) is 0 Å². The van der Waals surface area contributed by atoms with Crippen LogP contribution in [0.5, 0.6) is 0 Å². The normalized spacial score (nSPS) is 49.8. The molecule has 0 unspecified atom stereocenters. The van der Waals surface area contributed by atoms with E-state index in [1.54, 1.807) is 60.6 Å². The summed E-state index contributed by atoms with van der Waals surface area (Å²) >= 11 is 0. The van der Waals surface area contributed by atoms with Crippen LogP contribution in [0.4, 0.5) is 0 Å². The van der Waals surface area contributed by atoms with Crippen LogP contribution < -0.4 is 0 Å². The molecule has 0 aromatic rings. The lowest BCUT2D eigenvalue weighted by molar-refractivity contribution is -0.371. The van der Waals surface area contributed by atoms with Gasteiger partial charge in [0, 0.05) is 41.9 Å². The van der Waals surface area contributed by atoms with Gasteiger partial charge in [-0.15, -0.1) is 0 Å². The Bertz CT molecular complexity index is 1950. The predicted octanol–water partition coefficient (Wildman–Crippen LogP) is 1.01. The first kappa shape index (κ1) is 55.2. The van der Waals surface area contributed by atoms with E-state index in [9.17, 15) is 55.2 Å². The van der Waals surface area contributed by atoms with E-state index in [1.807, 2.05) is 6.92 Å². The van der Waals surface area contributed by atoms with E-state index >= 15 is 0 Å². The molecule has 398 valence electrons. The molecule has 7 rings (SSSR count). The van der Waals surface area contributed by atoms with E-state index in [0.717, 1.165) is 0 Å². The van der Waals surface area contributed by atoms with Crippen molar-refractivity contribution in [3.8, 4) is 0 Å². The number of hydrogen-bond donors (Lipinski definition) is 8. The third-order valence-corrected chi connectivity index (χ3v) is 17.8. The Morgan fingerprint density at radius 3 is 1.90 bits per heavy atom. The SMILES string of the molecule is C/C=C(\C)C(=O)O[C@@H]1[C@@H](OC(=O)/C(C)=C/C)[C@]2(C)[C@@H](C(C)=O)CC[C@]2(O)[C@]2(O)CC[C@H]3C[C@@H](O[C@H]4C[C@@H](O)[C@H](O[C@@H]5O[C@H](C)[C@@H](O[C@@H]6O[C@H](CO)[C@@H](O)[C@H](O)[C@H]6O)[C@@H](OC)[C@H]5O)[C@@H](C)O4)CC[C@]3(C)[C@@H]12. The number of hydrogen-bond acceptors (Lipinski definition) is 20. The molecule has 0 radical (unpaired) electrons. The molecule has 0 aromatic carbocycles. The number of carbonyl (C=O) groups excluding carboxylic acids is 3. The summed E-state index contributed by atoms with van der Waals surface area (Å²) in [6.45, 7) is 14.4. The summed E-state index contributed by atoms with van der Waals surface area (Å²) in [5.74, 6) is -3.48. The van der Waals surface area contributed by atoms with Crippen molar-refractivity contribution in [2.45, 2.75) is 229 Å². The minimum atomic E-state index is -1.90. The lowest BCUT2D eigenvalue weighted by atomic mass is 9.39. The molecule has 0 spiro atoms. The minimum absolute atomic E-state index is 0.00530. The van der Waals surface area contributed by atoms with E-state index in [4.69, 9.17) is 42.6 Å². The third-order valence-electron chi connectivity index (χ3n) is 17.8. The third kappa shape index (κ3) is 9.26. The van der Waals surface area contributed by atoms with Crippen molar-refractivity contribution in [2.75, 3.05) is 13.7 Å². The molecule has 70 heavy (non-hydrogen) atoms. The largest absolute Gasteiger partial charge is 0.455 e. The average molecular weight is 999 g/mol. The quantitative estimate of drug-likeness (QED) is 0.0726. The molecule has 0 bridgehead atoms. The zero-order chi connectivity index (χ0) is 51.6. The maximum atomic E-state index is 13.9. The summed E-state index contributed by atoms with van der Waals surface area (Å²) in [5, 5.41) is 90.1. The van der Waals surface area contributed by atoms with Gasteiger partial charge < -0.3 is 83.5 Å². The van der Waals surface area contributed by atoms with Crippen LogP contribution in [-0.4, -0.2) is 188 Å². The number of carbonyl (C=O) groups is 3. The maximum Gasteiger partial charge on any atom is 0.333 e. The van der Waals surface area contributed by atoms with E-state index < -0.39 is 151 Å². The highest BCUT2D eigenvalue weighted by atomic mass is 16.8. The summed E-state index contributed by atoms with van der Waals surface area (Å²) < 4.78 is 55.0. The Balaban J connectivity index is 1.05. The van der Waals surface area contributed by atoms with Crippen LogP contribution in [0.25, 0.3) is 0 Å². The fraction of sp³-hybridized carbons (Fsp3) is 0.860. The van der Waals surface area contributed by atoms with Crippen LogP contribution >= 0.6 is 0 Å². The van der Waals surface area contributed by atoms with Crippen molar-refractivity contribution < 1.29 is 97.9 Å². The highest BCUT2D eigenvalue weighted by molar-refractivity contribution is 5.89. The summed E-state index contributed by atoms with van der Waals surface area (Å²) in [6, 6.07) is 0. The minimum Gasteiger partial charge on any atom is -0.455 e. The first-order valence-corrected chi connectivity index (χ1v) is 25.0. The second-order valence-electron chi connectivity index (χ2n) is 21.5. The zero-order valence-corrected chi connectivity index (χ0v) is 42.0. The predicted molar refractivity (Wildman–Crippen MR) is 243 cm³/mol. The summed E-state index contributed by atoms with van der Waals surface area (Å²) in [7, 11) is 1.32. The van der Waals surface area contributed by atoms with Crippen LogP contribution in [0.1, 0.15) is 114 Å². The van der Waals surface area contributed by atoms with Crippen molar-refractivity contribution in [2.24, 2.45) is 28.6 Å². The average Bonchev–Trinajstić information content (AvgIpc) is 3.61. The number of aliphatic hydroxyl groups excluding tert-OH is 6. The number of Topliss-reactive ketones (excluding diaryl/α,β-unsaturated/α-hetero) is 1. The topological polar surface area (TPSA) is 296 Å². The molecular formula is C50H78O20. The standard InChI is InChI=1S/C50H78O20/c1-11-22(3)43(58)67-40-41-47(8)16-14-28(19-27(47)13-17-49(41,60)50(61)18-15-29(24(5)52)48(50,9)42(40)70-44(59)23(4)12-2)65-32-20-30(53)37(25(6)63-32)68-46-36(57)39(62-10)38(26(7)64-46)69-45-35(56)34(55)33(54)31(21-51)66-45/h11-12,25-42,45-46,51,53-57,60-61H,13-21H2,1-10H3/b22-11+,23-12+/t25-,26-,27+,28+,29-,30-,31-,32+,33-,34+,35-,36-,37-,38-,39+,40+,41-,42-,45+,46+,47+,48+,49+,50-/m1/s1.